The summed E-state index contributed by atoms with van der Waals surface area (Å²) in [7, 11) is 1.86. The Morgan fingerprint density at radius 1 is 1.27 bits per heavy atom. The second-order valence-corrected chi connectivity index (χ2v) is 3.88. The Morgan fingerprint density at radius 2 is 1.93 bits per heavy atom. The number of hydrogen-bond acceptors (Lipinski definition) is 4. The van der Waals surface area contributed by atoms with E-state index in [4.69, 9.17) is 4.84 Å². The second-order valence-electron chi connectivity index (χ2n) is 3.88. The van der Waals surface area contributed by atoms with Gasteiger partial charge in [0, 0.05) is 12.6 Å². The highest BCUT2D eigenvalue weighted by atomic mass is 16.7. The SMILES string of the molecule is CNN1C(c2ccccc2)=NOC1(C)C. The summed E-state index contributed by atoms with van der Waals surface area (Å²) >= 11 is 0. The van der Waals surface area contributed by atoms with Crippen LogP contribution in [0.5, 0.6) is 0 Å². The number of amidine groups is 1. The van der Waals surface area contributed by atoms with Crippen LogP contribution >= 0.6 is 0 Å². The minimum atomic E-state index is -0.445. The molecule has 0 atom stereocenters. The Morgan fingerprint density at radius 3 is 2.53 bits per heavy atom. The molecule has 1 aromatic carbocycles. The van der Waals surface area contributed by atoms with Gasteiger partial charge in [-0.05, 0) is 13.8 Å². The first-order chi connectivity index (χ1) is 7.15. The standard InChI is InChI=1S/C11H15N3O/c1-11(2)14(12-3)10(13-15-11)9-7-5-4-6-8-9/h4-8,12H,1-3H3. The van der Waals surface area contributed by atoms with Crippen molar-refractivity contribution in [2.24, 2.45) is 5.16 Å². The lowest BCUT2D eigenvalue weighted by atomic mass is 10.2. The van der Waals surface area contributed by atoms with Crippen LogP contribution in [0.1, 0.15) is 19.4 Å². The smallest absolute Gasteiger partial charge is 0.218 e. The van der Waals surface area contributed by atoms with E-state index in [0.29, 0.717) is 0 Å². The quantitative estimate of drug-likeness (QED) is 0.796. The number of rotatable bonds is 2. The fraction of sp³-hybridized carbons (Fsp3) is 0.364. The van der Waals surface area contributed by atoms with Crippen molar-refractivity contribution in [2.75, 3.05) is 7.05 Å². The van der Waals surface area contributed by atoms with Crippen LogP contribution in [0.2, 0.25) is 0 Å². The third kappa shape index (κ3) is 1.68. The zero-order valence-corrected chi connectivity index (χ0v) is 9.19. The second kappa shape index (κ2) is 3.55. The third-order valence-electron chi connectivity index (χ3n) is 2.36. The normalized spacial score (nSPS) is 18.6. The molecule has 80 valence electrons. The molecule has 1 heterocycles. The maximum Gasteiger partial charge on any atom is 0.218 e. The molecule has 0 bridgehead atoms. The monoisotopic (exact) mass is 205 g/mol. The average molecular weight is 205 g/mol. The lowest BCUT2D eigenvalue weighted by Crippen LogP contribution is -2.51. The summed E-state index contributed by atoms with van der Waals surface area (Å²) in [4.78, 5) is 5.36. The molecule has 0 radical (unpaired) electrons. The van der Waals surface area contributed by atoms with E-state index < -0.39 is 5.72 Å². The zero-order chi connectivity index (χ0) is 10.9. The number of hydrazine groups is 1. The summed E-state index contributed by atoms with van der Waals surface area (Å²) in [6, 6.07) is 9.96. The molecular weight excluding hydrogens is 190 g/mol. The molecule has 0 saturated carbocycles. The van der Waals surface area contributed by atoms with Gasteiger partial charge in [-0.2, -0.15) is 0 Å². The molecule has 2 rings (SSSR count). The van der Waals surface area contributed by atoms with Gasteiger partial charge in [0.1, 0.15) is 0 Å². The van der Waals surface area contributed by atoms with Gasteiger partial charge in [-0.25, -0.2) is 10.4 Å². The predicted octanol–water partition coefficient (Wildman–Crippen LogP) is 1.55. The van der Waals surface area contributed by atoms with Crippen molar-refractivity contribution in [1.82, 2.24) is 10.4 Å². The Kier molecular flexibility index (Phi) is 2.36. The highest BCUT2D eigenvalue weighted by Crippen LogP contribution is 2.24. The number of hydrogen-bond donors (Lipinski definition) is 1. The van der Waals surface area contributed by atoms with E-state index in [1.54, 1.807) is 0 Å². The van der Waals surface area contributed by atoms with Crippen molar-refractivity contribution in [3.63, 3.8) is 0 Å². The van der Waals surface area contributed by atoms with Gasteiger partial charge in [0.15, 0.2) is 5.84 Å². The van der Waals surface area contributed by atoms with E-state index in [1.165, 1.54) is 0 Å². The predicted molar refractivity (Wildman–Crippen MR) is 59.0 cm³/mol. The molecule has 0 fully saturated rings. The van der Waals surface area contributed by atoms with Crippen LogP contribution in [0.4, 0.5) is 0 Å². The zero-order valence-electron chi connectivity index (χ0n) is 9.19. The van der Waals surface area contributed by atoms with Crippen molar-refractivity contribution < 1.29 is 4.84 Å². The molecule has 0 aromatic heterocycles. The summed E-state index contributed by atoms with van der Waals surface area (Å²) < 4.78 is 0. The van der Waals surface area contributed by atoms with Crippen LogP contribution in [0.3, 0.4) is 0 Å². The molecule has 15 heavy (non-hydrogen) atoms. The van der Waals surface area contributed by atoms with Gasteiger partial charge < -0.3 is 4.84 Å². The van der Waals surface area contributed by atoms with Crippen LogP contribution in [0, 0.1) is 0 Å². The van der Waals surface area contributed by atoms with Gasteiger partial charge >= 0.3 is 0 Å². The highest BCUT2D eigenvalue weighted by molar-refractivity contribution is 5.99. The van der Waals surface area contributed by atoms with Gasteiger partial charge in [0.05, 0.1) is 0 Å². The molecule has 1 aliphatic heterocycles. The van der Waals surface area contributed by atoms with Crippen LogP contribution < -0.4 is 5.43 Å². The molecule has 1 aliphatic rings. The first-order valence-corrected chi connectivity index (χ1v) is 4.94. The average Bonchev–Trinajstić information content (AvgIpc) is 2.54. The Hall–Kier alpha value is -1.55. The van der Waals surface area contributed by atoms with Crippen LogP contribution in [0.15, 0.2) is 35.5 Å². The molecular formula is C11H15N3O. The summed E-state index contributed by atoms with van der Waals surface area (Å²) in [5, 5.41) is 6.00. The van der Waals surface area contributed by atoms with Crippen LogP contribution in [-0.4, -0.2) is 23.6 Å². The van der Waals surface area contributed by atoms with Crippen molar-refractivity contribution in [1.29, 1.82) is 0 Å². The third-order valence-corrected chi connectivity index (χ3v) is 2.36. The van der Waals surface area contributed by atoms with Crippen molar-refractivity contribution in [2.45, 2.75) is 19.6 Å². The Bertz CT molecular complexity index is 373. The topological polar surface area (TPSA) is 36.9 Å². The Labute approximate surface area is 89.5 Å². The van der Waals surface area contributed by atoms with E-state index in [9.17, 15) is 0 Å². The molecule has 1 N–H and O–H groups in total. The molecule has 0 unspecified atom stereocenters. The van der Waals surface area contributed by atoms with Gasteiger partial charge in [0.2, 0.25) is 5.72 Å². The number of nitrogens with zero attached hydrogens (tertiary/aromatic N) is 2. The highest BCUT2D eigenvalue weighted by Gasteiger charge is 2.37. The van der Waals surface area contributed by atoms with Crippen LogP contribution in [0.25, 0.3) is 0 Å². The molecule has 0 aliphatic carbocycles. The first-order valence-electron chi connectivity index (χ1n) is 4.94. The maximum absolute atomic E-state index is 5.36. The number of oxime groups is 1. The Balaban J connectivity index is 2.32. The summed E-state index contributed by atoms with van der Waals surface area (Å²) in [6.07, 6.45) is 0. The maximum atomic E-state index is 5.36. The fourth-order valence-corrected chi connectivity index (χ4v) is 1.64. The van der Waals surface area contributed by atoms with E-state index >= 15 is 0 Å². The van der Waals surface area contributed by atoms with Crippen molar-refractivity contribution in [3.8, 4) is 0 Å². The summed E-state index contributed by atoms with van der Waals surface area (Å²) in [5.41, 5.74) is 3.68. The molecule has 4 nitrogen and oxygen atoms in total. The van der Waals surface area contributed by atoms with Gasteiger partial charge in [-0.3, -0.25) is 0 Å². The van der Waals surface area contributed by atoms with Gasteiger partial charge in [-0.1, -0.05) is 35.5 Å². The summed E-state index contributed by atoms with van der Waals surface area (Å²) in [5.74, 6) is 0.808. The molecule has 0 spiro atoms. The minimum absolute atomic E-state index is 0.445. The molecule has 0 saturated heterocycles. The lowest BCUT2D eigenvalue weighted by molar-refractivity contribution is -0.0836. The van der Waals surface area contributed by atoms with Crippen molar-refractivity contribution in [3.05, 3.63) is 35.9 Å². The lowest BCUT2D eigenvalue weighted by Gasteiger charge is -2.29. The fourth-order valence-electron chi connectivity index (χ4n) is 1.64. The molecule has 4 heteroatoms. The van der Waals surface area contributed by atoms with E-state index in [1.807, 2.05) is 56.2 Å². The summed E-state index contributed by atoms with van der Waals surface area (Å²) in [6.45, 7) is 3.92. The first kappa shape index (κ1) is 9.98. The van der Waals surface area contributed by atoms with E-state index in [0.717, 1.165) is 11.4 Å². The van der Waals surface area contributed by atoms with E-state index in [-0.39, 0.29) is 0 Å². The van der Waals surface area contributed by atoms with Crippen LogP contribution in [-0.2, 0) is 4.84 Å². The number of benzene rings is 1. The van der Waals surface area contributed by atoms with E-state index in [2.05, 4.69) is 10.6 Å². The number of nitrogens with one attached hydrogen (secondary N) is 1. The molecule has 1 aromatic rings. The minimum Gasteiger partial charge on any atom is -0.364 e. The van der Waals surface area contributed by atoms with Crippen molar-refractivity contribution >= 4 is 5.84 Å². The largest absolute Gasteiger partial charge is 0.364 e. The van der Waals surface area contributed by atoms with Gasteiger partial charge in [-0.15, -0.1) is 0 Å². The van der Waals surface area contributed by atoms with Gasteiger partial charge in [0.25, 0.3) is 0 Å². The molecule has 0 amide bonds.